The molecular formula is C20H26N4O7. The number of carbonyl (C=O) groups is 4. The van der Waals surface area contributed by atoms with Gasteiger partial charge in [0, 0.05) is 30.8 Å². The first-order valence-electron chi connectivity index (χ1n) is 10.1. The minimum Gasteiger partial charge on any atom is -0.465 e. The standard InChI is InChI=1S/C20H26N4O7/c21-5-7-30-9-10-31-8-6-23(20(28)29)14-1-2-15-13(11-14)12-24(19(15)27)16-3-4-17(25)22-18(16)26/h1-2,11,16H,3-10,12,21H2,(H,28,29)(H,22,25,26). The molecule has 1 fully saturated rings. The summed E-state index contributed by atoms with van der Waals surface area (Å²) in [4.78, 5) is 50.5. The number of carboxylic acid groups (broad SMARTS) is 1. The normalized spacial score (nSPS) is 18.2. The summed E-state index contributed by atoms with van der Waals surface area (Å²) in [5, 5.41) is 11.8. The summed E-state index contributed by atoms with van der Waals surface area (Å²) in [5.74, 6) is -1.14. The number of piperidine rings is 1. The molecule has 1 saturated heterocycles. The van der Waals surface area contributed by atoms with Crippen LogP contribution in [-0.2, 0) is 25.6 Å². The maximum Gasteiger partial charge on any atom is 0.411 e. The number of hydrogen-bond acceptors (Lipinski definition) is 7. The van der Waals surface area contributed by atoms with Crippen molar-refractivity contribution in [2.24, 2.45) is 5.73 Å². The number of imide groups is 1. The molecule has 0 bridgehead atoms. The molecule has 31 heavy (non-hydrogen) atoms. The van der Waals surface area contributed by atoms with Crippen molar-refractivity contribution in [3.8, 4) is 0 Å². The molecule has 0 spiro atoms. The minimum atomic E-state index is -1.14. The van der Waals surface area contributed by atoms with E-state index in [2.05, 4.69) is 5.32 Å². The van der Waals surface area contributed by atoms with Crippen LogP contribution in [0.25, 0.3) is 0 Å². The Kier molecular flexibility index (Phi) is 7.55. The van der Waals surface area contributed by atoms with Crippen molar-refractivity contribution in [1.82, 2.24) is 10.2 Å². The highest BCUT2D eigenvalue weighted by Gasteiger charge is 2.39. The Balaban J connectivity index is 1.63. The third-order valence-electron chi connectivity index (χ3n) is 5.14. The number of carbonyl (C=O) groups excluding carboxylic acids is 3. The van der Waals surface area contributed by atoms with Gasteiger partial charge in [0.05, 0.1) is 33.0 Å². The highest BCUT2D eigenvalue weighted by atomic mass is 16.5. The summed E-state index contributed by atoms with van der Waals surface area (Å²) in [7, 11) is 0. The fraction of sp³-hybridized carbons (Fsp3) is 0.500. The Labute approximate surface area is 179 Å². The Hall–Kier alpha value is -3.02. The van der Waals surface area contributed by atoms with E-state index in [1.54, 1.807) is 18.2 Å². The summed E-state index contributed by atoms with van der Waals surface area (Å²) in [5.41, 5.74) is 6.79. The van der Waals surface area contributed by atoms with E-state index in [1.165, 1.54) is 4.90 Å². The Morgan fingerprint density at radius 2 is 1.94 bits per heavy atom. The number of nitrogens with one attached hydrogen (secondary N) is 1. The largest absolute Gasteiger partial charge is 0.465 e. The quantitative estimate of drug-likeness (QED) is 0.342. The van der Waals surface area contributed by atoms with Gasteiger partial charge in [-0.15, -0.1) is 0 Å². The summed E-state index contributed by atoms with van der Waals surface area (Å²) in [6, 6.07) is 4.04. The number of nitrogens with zero attached hydrogens (tertiary/aromatic N) is 2. The van der Waals surface area contributed by atoms with Crippen molar-refractivity contribution >= 4 is 29.5 Å². The van der Waals surface area contributed by atoms with Gasteiger partial charge < -0.3 is 25.2 Å². The van der Waals surface area contributed by atoms with Crippen molar-refractivity contribution in [3.63, 3.8) is 0 Å². The van der Waals surface area contributed by atoms with Gasteiger partial charge in [-0.05, 0) is 30.2 Å². The van der Waals surface area contributed by atoms with E-state index in [-0.39, 0.29) is 44.4 Å². The second-order valence-electron chi connectivity index (χ2n) is 7.19. The first kappa shape index (κ1) is 22.7. The van der Waals surface area contributed by atoms with Crippen molar-refractivity contribution in [2.45, 2.75) is 25.4 Å². The number of rotatable bonds is 10. The predicted molar refractivity (Wildman–Crippen MR) is 109 cm³/mol. The minimum absolute atomic E-state index is 0.107. The molecule has 2 heterocycles. The fourth-order valence-corrected chi connectivity index (χ4v) is 3.63. The average molecular weight is 434 g/mol. The summed E-state index contributed by atoms with van der Waals surface area (Å²) < 4.78 is 10.6. The van der Waals surface area contributed by atoms with Crippen LogP contribution in [-0.4, -0.2) is 79.4 Å². The second-order valence-corrected chi connectivity index (χ2v) is 7.19. The maximum atomic E-state index is 12.7. The van der Waals surface area contributed by atoms with Gasteiger partial charge >= 0.3 is 6.09 Å². The first-order chi connectivity index (χ1) is 14.9. The topological polar surface area (TPSA) is 152 Å². The second kappa shape index (κ2) is 10.3. The number of nitrogens with two attached hydrogens (primary N) is 1. The van der Waals surface area contributed by atoms with Gasteiger partial charge in [0.2, 0.25) is 11.8 Å². The third-order valence-corrected chi connectivity index (χ3v) is 5.14. The van der Waals surface area contributed by atoms with Crippen LogP contribution in [0.15, 0.2) is 18.2 Å². The number of ether oxygens (including phenoxy) is 2. The molecule has 11 heteroatoms. The van der Waals surface area contributed by atoms with E-state index in [0.717, 1.165) is 4.90 Å². The van der Waals surface area contributed by atoms with Crippen molar-refractivity contribution < 1.29 is 33.8 Å². The lowest BCUT2D eigenvalue weighted by Gasteiger charge is -2.29. The van der Waals surface area contributed by atoms with Crippen molar-refractivity contribution in [3.05, 3.63) is 29.3 Å². The molecule has 0 aromatic heterocycles. The molecule has 1 unspecified atom stereocenters. The molecule has 168 valence electrons. The van der Waals surface area contributed by atoms with Gasteiger partial charge in [0.1, 0.15) is 6.04 Å². The van der Waals surface area contributed by atoms with Gasteiger partial charge in [0.15, 0.2) is 0 Å². The molecule has 0 saturated carbocycles. The summed E-state index contributed by atoms with van der Waals surface area (Å²) >= 11 is 0. The Bertz CT molecular complexity index is 860. The third kappa shape index (κ3) is 5.37. The van der Waals surface area contributed by atoms with Crippen LogP contribution in [0.1, 0.15) is 28.8 Å². The zero-order valence-electron chi connectivity index (χ0n) is 17.0. The molecule has 1 atom stereocenters. The molecule has 11 nitrogen and oxygen atoms in total. The SMILES string of the molecule is NCCOCCOCCN(C(=O)O)c1ccc2c(c1)CN(C1CCC(=O)NC1=O)C2=O. The molecule has 4 amide bonds. The van der Waals surface area contributed by atoms with E-state index in [4.69, 9.17) is 15.2 Å². The monoisotopic (exact) mass is 434 g/mol. The van der Waals surface area contributed by atoms with Crippen LogP contribution in [0.2, 0.25) is 0 Å². The van der Waals surface area contributed by atoms with E-state index >= 15 is 0 Å². The number of fused-ring (bicyclic) bond motifs is 1. The smallest absolute Gasteiger partial charge is 0.411 e. The lowest BCUT2D eigenvalue weighted by molar-refractivity contribution is -0.136. The van der Waals surface area contributed by atoms with E-state index in [0.29, 0.717) is 43.2 Å². The summed E-state index contributed by atoms with van der Waals surface area (Å²) in [6.07, 6.45) is -0.703. The van der Waals surface area contributed by atoms with E-state index < -0.39 is 18.0 Å². The van der Waals surface area contributed by atoms with Crippen LogP contribution in [0.3, 0.4) is 0 Å². The predicted octanol–water partition coefficient (Wildman–Crippen LogP) is -0.0761. The molecule has 1 aromatic rings. The lowest BCUT2D eigenvalue weighted by Crippen LogP contribution is -2.52. The van der Waals surface area contributed by atoms with Gasteiger partial charge in [-0.2, -0.15) is 0 Å². The first-order valence-corrected chi connectivity index (χ1v) is 10.1. The molecule has 1 aromatic carbocycles. The molecular weight excluding hydrogens is 408 g/mol. The number of benzene rings is 1. The average Bonchev–Trinajstić information content (AvgIpc) is 3.05. The van der Waals surface area contributed by atoms with E-state index in [9.17, 15) is 24.3 Å². The zero-order chi connectivity index (χ0) is 22.4. The number of anilines is 1. The van der Waals surface area contributed by atoms with Crippen LogP contribution in [0, 0.1) is 0 Å². The maximum absolute atomic E-state index is 12.7. The zero-order valence-corrected chi connectivity index (χ0v) is 17.0. The molecule has 0 aliphatic carbocycles. The molecule has 3 rings (SSSR count). The fourth-order valence-electron chi connectivity index (χ4n) is 3.63. The lowest BCUT2D eigenvalue weighted by atomic mass is 10.0. The molecule has 4 N–H and O–H groups in total. The van der Waals surface area contributed by atoms with Gasteiger partial charge in [-0.25, -0.2) is 4.79 Å². The molecule has 2 aliphatic rings. The molecule has 0 radical (unpaired) electrons. The van der Waals surface area contributed by atoms with Gasteiger partial charge in [-0.1, -0.05) is 0 Å². The Morgan fingerprint density at radius 3 is 2.61 bits per heavy atom. The van der Waals surface area contributed by atoms with E-state index in [1.807, 2.05) is 0 Å². The van der Waals surface area contributed by atoms with Crippen LogP contribution in [0.5, 0.6) is 0 Å². The van der Waals surface area contributed by atoms with Gasteiger partial charge in [0.25, 0.3) is 5.91 Å². The van der Waals surface area contributed by atoms with Crippen molar-refractivity contribution in [2.75, 3.05) is 44.4 Å². The Morgan fingerprint density at radius 1 is 1.19 bits per heavy atom. The highest BCUT2D eigenvalue weighted by Crippen LogP contribution is 2.30. The highest BCUT2D eigenvalue weighted by molar-refractivity contribution is 6.05. The number of hydrogen-bond donors (Lipinski definition) is 3. The van der Waals surface area contributed by atoms with Crippen LogP contribution >= 0.6 is 0 Å². The summed E-state index contributed by atoms with van der Waals surface area (Å²) in [6.45, 7) is 2.03. The number of amides is 4. The van der Waals surface area contributed by atoms with Crippen molar-refractivity contribution in [1.29, 1.82) is 0 Å². The van der Waals surface area contributed by atoms with Crippen LogP contribution in [0.4, 0.5) is 10.5 Å². The molecule has 2 aliphatic heterocycles. The van der Waals surface area contributed by atoms with Crippen LogP contribution < -0.4 is 16.0 Å². The van der Waals surface area contributed by atoms with Gasteiger partial charge in [-0.3, -0.25) is 24.6 Å².